The van der Waals surface area contributed by atoms with Crippen LogP contribution in [0.25, 0.3) is 0 Å². The van der Waals surface area contributed by atoms with Crippen molar-refractivity contribution in [1.29, 1.82) is 0 Å². The van der Waals surface area contributed by atoms with Crippen LogP contribution in [0, 0.1) is 0 Å². The summed E-state index contributed by atoms with van der Waals surface area (Å²) in [6, 6.07) is 6.26. The number of halogens is 2. The lowest BCUT2D eigenvalue weighted by molar-refractivity contribution is -0.121. The minimum atomic E-state index is -0.0183. The molecule has 0 saturated carbocycles. The number of aromatic nitrogens is 1. The van der Waals surface area contributed by atoms with E-state index in [0.29, 0.717) is 12.5 Å². The maximum Gasteiger partial charge on any atom is 0.220 e. The van der Waals surface area contributed by atoms with Gasteiger partial charge in [-0.05, 0) is 44.9 Å². The highest BCUT2D eigenvalue weighted by atomic mass is 35.5. The zero-order valence-corrected chi connectivity index (χ0v) is 13.3. The molecule has 1 fully saturated rings. The number of pyridine rings is 1. The monoisotopic (exact) mass is 319 g/mol. The van der Waals surface area contributed by atoms with Gasteiger partial charge in [-0.15, -0.1) is 24.8 Å². The summed E-state index contributed by atoms with van der Waals surface area (Å²) < 4.78 is 0. The summed E-state index contributed by atoms with van der Waals surface area (Å²) in [6.45, 7) is 3.06. The van der Waals surface area contributed by atoms with Crippen molar-refractivity contribution in [3.05, 3.63) is 30.1 Å². The van der Waals surface area contributed by atoms with Gasteiger partial charge < -0.3 is 10.6 Å². The van der Waals surface area contributed by atoms with E-state index in [1.807, 2.05) is 25.1 Å². The number of carbonyl (C=O) groups is 1. The number of carbonyl (C=O) groups excluding carboxylic acids is 1. The fourth-order valence-electron chi connectivity index (χ4n) is 2.33. The van der Waals surface area contributed by atoms with E-state index in [9.17, 15) is 4.79 Å². The first kappa shape index (κ1) is 19.2. The standard InChI is InChI=1S/C14H21N3O.2ClH/c1-11(13-6-2-3-9-16-13)17-14(18)8-7-12-5-4-10-15-12;;/h2-3,6,9,11-12,15H,4-5,7-8,10H2,1H3,(H,17,18);2*1H. The van der Waals surface area contributed by atoms with Crippen LogP contribution in [0.1, 0.15) is 44.3 Å². The molecule has 0 aliphatic carbocycles. The van der Waals surface area contributed by atoms with E-state index < -0.39 is 0 Å². The van der Waals surface area contributed by atoms with Crippen molar-refractivity contribution in [2.24, 2.45) is 0 Å². The Balaban J connectivity index is 0.00000180. The fraction of sp³-hybridized carbons (Fsp3) is 0.571. The third-order valence-corrected chi connectivity index (χ3v) is 3.39. The molecule has 2 N–H and O–H groups in total. The van der Waals surface area contributed by atoms with Crippen LogP contribution in [0.3, 0.4) is 0 Å². The van der Waals surface area contributed by atoms with Gasteiger partial charge in [-0.25, -0.2) is 0 Å². The first-order valence-electron chi connectivity index (χ1n) is 6.69. The SMILES string of the molecule is CC(NC(=O)CCC1CCCN1)c1ccccn1.Cl.Cl. The number of hydrogen-bond acceptors (Lipinski definition) is 3. The lowest BCUT2D eigenvalue weighted by Gasteiger charge is -2.14. The number of hydrogen-bond donors (Lipinski definition) is 2. The molecule has 2 unspecified atom stereocenters. The van der Waals surface area contributed by atoms with Crippen molar-refractivity contribution in [3.63, 3.8) is 0 Å². The van der Waals surface area contributed by atoms with E-state index in [0.717, 1.165) is 18.7 Å². The molecule has 0 radical (unpaired) electrons. The highest BCUT2D eigenvalue weighted by Gasteiger charge is 2.16. The van der Waals surface area contributed by atoms with Crippen LogP contribution in [0.5, 0.6) is 0 Å². The van der Waals surface area contributed by atoms with E-state index in [2.05, 4.69) is 15.6 Å². The number of nitrogens with one attached hydrogen (secondary N) is 2. The van der Waals surface area contributed by atoms with Crippen LogP contribution in [0.4, 0.5) is 0 Å². The smallest absolute Gasteiger partial charge is 0.220 e. The fourth-order valence-corrected chi connectivity index (χ4v) is 2.33. The number of nitrogens with zero attached hydrogens (tertiary/aromatic N) is 1. The summed E-state index contributed by atoms with van der Waals surface area (Å²) in [5.74, 6) is 0.113. The Morgan fingerprint density at radius 2 is 2.30 bits per heavy atom. The highest BCUT2D eigenvalue weighted by molar-refractivity contribution is 5.85. The van der Waals surface area contributed by atoms with Crippen LogP contribution in [0.15, 0.2) is 24.4 Å². The van der Waals surface area contributed by atoms with Gasteiger partial charge in [0.1, 0.15) is 0 Å². The van der Waals surface area contributed by atoms with Crippen molar-refractivity contribution in [1.82, 2.24) is 15.6 Å². The molecule has 2 atom stereocenters. The average Bonchev–Trinajstić information content (AvgIpc) is 2.90. The van der Waals surface area contributed by atoms with Gasteiger partial charge in [0, 0.05) is 18.7 Å². The normalized spacial score (nSPS) is 18.6. The molecule has 1 saturated heterocycles. The van der Waals surface area contributed by atoms with Gasteiger partial charge in [0.15, 0.2) is 0 Å². The predicted molar refractivity (Wildman–Crippen MR) is 85.5 cm³/mol. The van der Waals surface area contributed by atoms with Crippen LogP contribution in [0.2, 0.25) is 0 Å². The Hall–Kier alpha value is -0.840. The lowest BCUT2D eigenvalue weighted by Crippen LogP contribution is -2.29. The molecule has 20 heavy (non-hydrogen) atoms. The van der Waals surface area contributed by atoms with Crippen molar-refractivity contribution < 1.29 is 4.79 Å². The molecule has 4 nitrogen and oxygen atoms in total. The van der Waals surface area contributed by atoms with E-state index in [-0.39, 0.29) is 36.8 Å². The maximum atomic E-state index is 11.8. The Morgan fingerprint density at radius 3 is 2.90 bits per heavy atom. The Labute approximate surface area is 132 Å². The van der Waals surface area contributed by atoms with E-state index in [4.69, 9.17) is 0 Å². The predicted octanol–water partition coefficient (Wildman–Crippen LogP) is 2.63. The number of rotatable bonds is 5. The van der Waals surface area contributed by atoms with E-state index >= 15 is 0 Å². The van der Waals surface area contributed by atoms with Crippen LogP contribution >= 0.6 is 24.8 Å². The second kappa shape index (κ2) is 9.97. The second-order valence-electron chi connectivity index (χ2n) is 4.88. The largest absolute Gasteiger partial charge is 0.348 e. The average molecular weight is 320 g/mol. The molecule has 0 aromatic carbocycles. The summed E-state index contributed by atoms with van der Waals surface area (Å²) in [6.07, 6.45) is 5.70. The lowest BCUT2D eigenvalue weighted by atomic mass is 10.1. The molecule has 2 rings (SSSR count). The molecule has 0 spiro atoms. The molecular formula is C14H23Cl2N3O. The summed E-state index contributed by atoms with van der Waals surface area (Å²) in [7, 11) is 0. The highest BCUT2D eigenvalue weighted by Crippen LogP contribution is 2.12. The van der Waals surface area contributed by atoms with Crippen LogP contribution in [-0.2, 0) is 4.79 Å². The molecule has 1 aromatic rings. The number of amides is 1. The topological polar surface area (TPSA) is 54.0 Å². The zero-order chi connectivity index (χ0) is 12.8. The van der Waals surface area contributed by atoms with Gasteiger partial charge in [0.05, 0.1) is 11.7 Å². The summed E-state index contributed by atoms with van der Waals surface area (Å²) in [5.41, 5.74) is 0.907. The molecule has 1 aliphatic heterocycles. The minimum Gasteiger partial charge on any atom is -0.348 e. The molecule has 1 aromatic heterocycles. The van der Waals surface area contributed by atoms with Gasteiger partial charge in [0.25, 0.3) is 0 Å². The molecule has 2 heterocycles. The summed E-state index contributed by atoms with van der Waals surface area (Å²) in [4.78, 5) is 16.1. The van der Waals surface area contributed by atoms with E-state index in [1.165, 1.54) is 12.8 Å². The third-order valence-electron chi connectivity index (χ3n) is 3.39. The van der Waals surface area contributed by atoms with Crippen molar-refractivity contribution in [3.8, 4) is 0 Å². The molecule has 1 amide bonds. The maximum absolute atomic E-state index is 11.8. The van der Waals surface area contributed by atoms with Gasteiger partial charge in [0.2, 0.25) is 5.91 Å². The van der Waals surface area contributed by atoms with Crippen LogP contribution in [-0.4, -0.2) is 23.5 Å². The third kappa shape index (κ3) is 6.07. The van der Waals surface area contributed by atoms with Gasteiger partial charge in [-0.1, -0.05) is 6.07 Å². The zero-order valence-electron chi connectivity index (χ0n) is 11.7. The van der Waals surface area contributed by atoms with Crippen molar-refractivity contribution >= 4 is 30.7 Å². The first-order chi connectivity index (χ1) is 8.75. The Bertz CT molecular complexity index is 383. The first-order valence-corrected chi connectivity index (χ1v) is 6.69. The summed E-state index contributed by atoms with van der Waals surface area (Å²) >= 11 is 0. The molecule has 0 bridgehead atoms. The Morgan fingerprint density at radius 1 is 1.50 bits per heavy atom. The summed E-state index contributed by atoms with van der Waals surface area (Å²) in [5, 5.41) is 6.40. The van der Waals surface area contributed by atoms with Crippen LogP contribution < -0.4 is 10.6 Å². The minimum absolute atomic E-state index is 0. The van der Waals surface area contributed by atoms with Crippen molar-refractivity contribution in [2.75, 3.05) is 6.54 Å². The van der Waals surface area contributed by atoms with Gasteiger partial charge in [-0.2, -0.15) is 0 Å². The molecule has 1 aliphatic rings. The quantitative estimate of drug-likeness (QED) is 0.877. The second-order valence-corrected chi connectivity index (χ2v) is 4.88. The molecular weight excluding hydrogens is 297 g/mol. The van der Waals surface area contributed by atoms with Crippen molar-refractivity contribution in [2.45, 2.75) is 44.7 Å². The molecule has 6 heteroatoms. The Kier molecular flexibility index (Phi) is 9.55. The molecule has 114 valence electrons. The van der Waals surface area contributed by atoms with Gasteiger partial charge >= 0.3 is 0 Å². The van der Waals surface area contributed by atoms with E-state index in [1.54, 1.807) is 6.20 Å². The van der Waals surface area contributed by atoms with Gasteiger partial charge in [-0.3, -0.25) is 9.78 Å².